The Labute approximate surface area is 80.4 Å². The summed E-state index contributed by atoms with van der Waals surface area (Å²) >= 11 is 1.55. The van der Waals surface area contributed by atoms with Crippen LogP contribution in [0.25, 0.3) is 0 Å². The van der Waals surface area contributed by atoms with Crippen LogP contribution in [0.3, 0.4) is 0 Å². The van der Waals surface area contributed by atoms with Crippen LogP contribution in [-0.2, 0) is 11.2 Å². The Kier molecular flexibility index (Phi) is 2.31. The minimum atomic E-state index is -0.774. The van der Waals surface area contributed by atoms with Gasteiger partial charge in [0.15, 0.2) is 0 Å². The van der Waals surface area contributed by atoms with Crippen molar-refractivity contribution in [3.63, 3.8) is 0 Å². The number of hydrogen-bond donors (Lipinski definition) is 1. The van der Waals surface area contributed by atoms with Crippen LogP contribution >= 0.6 is 11.3 Å². The van der Waals surface area contributed by atoms with Gasteiger partial charge in [-0.25, -0.2) is 4.98 Å². The Bertz CT molecular complexity index is 317. The molecule has 0 bridgehead atoms. The topological polar surface area (TPSA) is 50.2 Å². The summed E-state index contributed by atoms with van der Waals surface area (Å²) < 4.78 is 0. The van der Waals surface area contributed by atoms with Crippen molar-refractivity contribution in [2.24, 2.45) is 0 Å². The molecule has 0 spiro atoms. The molecule has 3 nitrogen and oxygen atoms in total. The zero-order chi connectivity index (χ0) is 9.26. The Morgan fingerprint density at radius 3 is 3.00 bits per heavy atom. The van der Waals surface area contributed by atoms with E-state index in [1.165, 1.54) is 19.3 Å². The molecular weight excluding hydrogens is 186 g/mol. The average Bonchev–Trinajstić information content (AvgIpc) is 2.31. The second-order valence-electron chi connectivity index (χ2n) is 3.36. The fraction of sp³-hybridized carbons (Fsp3) is 0.556. The number of carbonyl (C=O) groups is 1. The molecule has 1 aliphatic carbocycles. The van der Waals surface area contributed by atoms with Crippen molar-refractivity contribution >= 4 is 17.3 Å². The standard InChI is InChI=1S/C9H11NO2S/c11-8(12)4-7-5-10-9(13-7)6-2-1-3-6/h5-6H,1-4H2,(H,11,12). The van der Waals surface area contributed by atoms with Crippen LogP contribution in [-0.4, -0.2) is 16.1 Å². The normalized spacial score (nSPS) is 16.9. The number of carboxylic acids is 1. The number of rotatable bonds is 3. The molecule has 0 aliphatic heterocycles. The Morgan fingerprint density at radius 2 is 2.46 bits per heavy atom. The lowest BCUT2D eigenvalue weighted by molar-refractivity contribution is -0.136. The van der Waals surface area contributed by atoms with Crippen LogP contribution in [0.5, 0.6) is 0 Å². The quantitative estimate of drug-likeness (QED) is 0.806. The van der Waals surface area contributed by atoms with Gasteiger partial charge in [-0.2, -0.15) is 0 Å². The van der Waals surface area contributed by atoms with E-state index < -0.39 is 5.97 Å². The first-order chi connectivity index (χ1) is 6.25. The van der Waals surface area contributed by atoms with Crippen molar-refractivity contribution in [3.05, 3.63) is 16.1 Å². The second-order valence-corrected chi connectivity index (χ2v) is 4.51. The molecule has 70 valence electrons. The van der Waals surface area contributed by atoms with E-state index >= 15 is 0 Å². The minimum absolute atomic E-state index is 0.115. The number of carboxylic acid groups (broad SMARTS) is 1. The first-order valence-electron chi connectivity index (χ1n) is 4.42. The number of aliphatic carboxylic acids is 1. The molecule has 0 atom stereocenters. The molecule has 0 aromatic carbocycles. The number of hydrogen-bond acceptors (Lipinski definition) is 3. The van der Waals surface area contributed by atoms with Crippen molar-refractivity contribution in [3.8, 4) is 0 Å². The van der Waals surface area contributed by atoms with Gasteiger partial charge in [0.2, 0.25) is 0 Å². The molecule has 0 radical (unpaired) electrons. The van der Waals surface area contributed by atoms with Crippen LogP contribution < -0.4 is 0 Å². The molecule has 0 unspecified atom stereocenters. The highest BCUT2D eigenvalue weighted by molar-refractivity contribution is 7.11. The van der Waals surface area contributed by atoms with Gasteiger partial charge in [0.1, 0.15) is 0 Å². The molecule has 1 heterocycles. The summed E-state index contributed by atoms with van der Waals surface area (Å²) in [6, 6.07) is 0. The van der Waals surface area contributed by atoms with Gasteiger partial charge >= 0.3 is 5.97 Å². The lowest BCUT2D eigenvalue weighted by Gasteiger charge is -2.22. The highest BCUT2D eigenvalue weighted by Gasteiger charge is 2.22. The Balaban J connectivity index is 2.04. The van der Waals surface area contributed by atoms with Gasteiger partial charge in [0.25, 0.3) is 0 Å². The van der Waals surface area contributed by atoms with Crippen LogP contribution in [0.1, 0.15) is 35.1 Å². The molecule has 1 aromatic heterocycles. The zero-order valence-electron chi connectivity index (χ0n) is 7.19. The highest BCUT2D eigenvalue weighted by Crippen LogP contribution is 2.38. The minimum Gasteiger partial charge on any atom is -0.481 e. The van der Waals surface area contributed by atoms with Gasteiger partial charge in [-0.1, -0.05) is 6.42 Å². The maximum absolute atomic E-state index is 10.4. The van der Waals surface area contributed by atoms with E-state index in [1.807, 2.05) is 0 Å². The molecule has 4 heteroatoms. The third-order valence-electron chi connectivity index (χ3n) is 2.35. The summed E-state index contributed by atoms with van der Waals surface area (Å²) in [6.45, 7) is 0. The van der Waals surface area contributed by atoms with Gasteiger partial charge in [0.05, 0.1) is 11.4 Å². The zero-order valence-corrected chi connectivity index (χ0v) is 8.01. The monoisotopic (exact) mass is 197 g/mol. The predicted octanol–water partition coefficient (Wildman–Crippen LogP) is 2.04. The third-order valence-corrected chi connectivity index (χ3v) is 3.51. The van der Waals surface area contributed by atoms with Gasteiger partial charge < -0.3 is 5.11 Å². The summed E-state index contributed by atoms with van der Waals surface area (Å²) in [6.07, 6.45) is 5.55. The van der Waals surface area contributed by atoms with Gasteiger partial charge in [-0.3, -0.25) is 4.79 Å². The summed E-state index contributed by atoms with van der Waals surface area (Å²) in [5, 5.41) is 9.69. The fourth-order valence-corrected chi connectivity index (χ4v) is 2.47. The smallest absolute Gasteiger partial charge is 0.308 e. The van der Waals surface area contributed by atoms with E-state index in [9.17, 15) is 4.79 Å². The first-order valence-corrected chi connectivity index (χ1v) is 5.24. The SMILES string of the molecule is O=C(O)Cc1cnc(C2CCC2)s1. The summed E-state index contributed by atoms with van der Waals surface area (Å²) in [5.41, 5.74) is 0. The van der Waals surface area contributed by atoms with Crippen molar-refractivity contribution in [1.82, 2.24) is 4.98 Å². The number of thiazole rings is 1. The molecule has 2 rings (SSSR count). The van der Waals surface area contributed by atoms with E-state index in [4.69, 9.17) is 5.11 Å². The summed E-state index contributed by atoms with van der Waals surface area (Å²) in [4.78, 5) is 15.5. The molecule has 1 N–H and O–H groups in total. The van der Waals surface area contributed by atoms with Crippen LogP contribution in [0.4, 0.5) is 0 Å². The lowest BCUT2D eigenvalue weighted by atomic mass is 9.86. The fourth-order valence-electron chi connectivity index (χ4n) is 1.40. The molecule has 1 aliphatic rings. The summed E-state index contributed by atoms with van der Waals surface area (Å²) in [5.74, 6) is -0.156. The largest absolute Gasteiger partial charge is 0.481 e. The van der Waals surface area contributed by atoms with Crippen LogP contribution in [0.2, 0.25) is 0 Å². The third kappa shape index (κ3) is 1.88. The molecule has 13 heavy (non-hydrogen) atoms. The van der Waals surface area contributed by atoms with Gasteiger partial charge in [-0.05, 0) is 12.8 Å². The average molecular weight is 197 g/mol. The van der Waals surface area contributed by atoms with E-state index in [0.717, 1.165) is 9.88 Å². The Morgan fingerprint density at radius 1 is 1.69 bits per heavy atom. The molecule has 1 fully saturated rings. The van der Waals surface area contributed by atoms with E-state index in [1.54, 1.807) is 17.5 Å². The molecular formula is C9H11NO2S. The van der Waals surface area contributed by atoms with Crippen molar-refractivity contribution in [2.75, 3.05) is 0 Å². The van der Waals surface area contributed by atoms with Gasteiger partial charge in [0, 0.05) is 17.0 Å². The maximum Gasteiger partial charge on any atom is 0.308 e. The van der Waals surface area contributed by atoms with E-state index in [-0.39, 0.29) is 6.42 Å². The molecule has 1 aromatic rings. The summed E-state index contributed by atoms with van der Waals surface area (Å²) in [7, 11) is 0. The van der Waals surface area contributed by atoms with Crippen LogP contribution in [0.15, 0.2) is 6.20 Å². The van der Waals surface area contributed by atoms with E-state index in [0.29, 0.717) is 5.92 Å². The lowest BCUT2D eigenvalue weighted by Crippen LogP contribution is -2.07. The highest BCUT2D eigenvalue weighted by atomic mass is 32.1. The Hall–Kier alpha value is -0.900. The second kappa shape index (κ2) is 3.46. The number of nitrogens with zero attached hydrogens (tertiary/aromatic N) is 1. The molecule has 1 saturated carbocycles. The van der Waals surface area contributed by atoms with E-state index in [2.05, 4.69) is 4.98 Å². The maximum atomic E-state index is 10.4. The van der Waals surface area contributed by atoms with Crippen molar-refractivity contribution in [2.45, 2.75) is 31.6 Å². The van der Waals surface area contributed by atoms with Crippen molar-refractivity contribution in [1.29, 1.82) is 0 Å². The van der Waals surface area contributed by atoms with Crippen molar-refractivity contribution < 1.29 is 9.90 Å². The van der Waals surface area contributed by atoms with Gasteiger partial charge in [-0.15, -0.1) is 11.3 Å². The molecule has 0 amide bonds. The predicted molar refractivity (Wildman–Crippen MR) is 50.0 cm³/mol. The number of aromatic nitrogens is 1. The molecule has 0 saturated heterocycles. The van der Waals surface area contributed by atoms with Crippen LogP contribution in [0, 0.1) is 0 Å². The first kappa shape index (κ1) is 8.69.